The first-order valence-corrected chi connectivity index (χ1v) is 10.4. The molecule has 0 aliphatic rings. The molecule has 0 radical (unpaired) electrons. The number of unbranched alkanes of at least 4 members (excludes halogenated alkanes) is 10. The Bertz CT molecular complexity index is 409. The summed E-state index contributed by atoms with van der Waals surface area (Å²) < 4.78 is 25.4. The zero-order valence-corrected chi connectivity index (χ0v) is 16.8. The number of hydrogen-bond acceptors (Lipinski definition) is 3. The van der Waals surface area contributed by atoms with Gasteiger partial charge in [0.15, 0.2) is 5.54 Å². The summed E-state index contributed by atoms with van der Waals surface area (Å²) in [4.78, 5) is 22.5. The molecule has 0 fully saturated rings. The maximum atomic E-state index is 12.7. The van der Waals surface area contributed by atoms with Crippen LogP contribution in [0.2, 0.25) is 0 Å². The number of alkyl halides is 2. The first-order chi connectivity index (χ1) is 12.8. The number of hydrogen-bond donors (Lipinski definition) is 3. The zero-order valence-electron chi connectivity index (χ0n) is 16.8. The lowest BCUT2D eigenvalue weighted by molar-refractivity contribution is -0.150. The maximum Gasteiger partial charge on any atom is 0.329 e. The molecule has 160 valence electrons. The third-order valence-corrected chi connectivity index (χ3v) is 4.88. The Balaban J connectivity index is 3.53. The van der Waals surface area contributed by atoms with Crippen molar-refractivity contribution in [1.29, 1.82) is 0 Å². The number of nitrogens with one attached hydrogen (secondary N) is 1. The summed E-state index contributed by atoms with van der Waals surface area (Å²) in [6.45, 7) is 2.38. The fourth-order valence-corrected chi connectivity index (χ4v) is 2.96. The van der Waals surface area contributed by atoms with Gasteiger partial charge < -0.3 is 16.2 Å². The van der Waals surface area contributed by atoms with Crippen molar-refractivity contribution in [2.75, 3.05) is 6.54 Å². The van der Waals surface area contributed by atoms with E-state index in [1.807, 2.05) is 0 Å². The van der Waals surface area contributed by atoms with Crippen LogP contribution in [-0.4, -0.2) is 35.5 Å². The molecule has 0 aromatic carbocycles. The summed E-state index contributed by atoms with van der Waals surface area (Å²) in [6.07, 6.45) is 10.3. The number of nitrogens with two attached hydrogens (primary N) is 1. The Hall–Kier alpha value is -1.24. The molecule has 1 amide bonds. The fraction of sp³-hybridized carbons (Fsp3) is 0.900. The average molecular weight is 393 g/mol. The molecule has 0 spiro atoms. The second kappa shape index (κ2) is 15.8. The van der Waals surface area contributed by atoms with E-state index in [1.54, 1.807) is 0 Å². The molecule has 0 saturated carbocycles. The predicted octanol–water partition coefficient (Wildman–Crippen LogP) is 4.63. The molecule has 0 rings (SSSR count). The Morgan fingerprint density at radius 2 is 1.41 bits per heavy atom. The van der Waals surface area contributed by atoms with E-state index in [0.717, 1.165) is 19.3 Å². The molecule has 7 heteroatoms. The zero-order chi connectivity index (χ0) is 20.5. The topological polar surface area (TPSA) is 92.4 Å². The summed E-state index contributed by atoms with van der Waals surface area (Å²) in [7, 11) is 0. The Morgan fingerprint density at radius 1 is 0.926 bits per heavy atom. The van der Waals surface area contributed by atoms with Gasteiger partial charge in [-0.05, 0) is 19.3 Å². The molecule has 0 aliphatic carbocycles. The number of carboxylic acid groups (broad SMARTS) is 1. The highest BCUT2D eigenvalue weighted by Gasteiger charge is 2.43. The molecule has 0 saturated heterocycles. The van der Waals surface area contributed by atoms with Crippen molar-refractivity contribution in [1.82, 2.24) is 5.32 Å². The quantitative estimate of drug-likeness (QED) is 0.297. The number of amides is 1. The normalized spacial score (nSPS) is 13.5. The van der Waals surface area contributed by atoms with Crippen LogP contribution in [-0.2, 0) is 9.59 Å². The third-order valence-electron chi connectivity index (χ3n) is 4.88. The summed E-state index contributed by atoms with van der Waals surface area (Å²) in [5.74, 6) is -1.84. The molecular formula is C20H38F2N2O3. The number of halogens is 2. The Morgan fingerprint density at radius 3 is 1.85 bits per heavy atom. The second-order valence-corrected chi connectivity index (χ2v) is 7.39. The highest BCUT2D eigenvalue weighted by atomic mass is 19.3. The smallest absolute Gasteiger partial charge is 0.329 e. The van der Waals surface area contributed by atoms with E-state index in [4.69, 9.17) is 10.8 Å². The van der Waals surface area contributed by atoms with Gasteiger partial charge in [-0.15, -0.1) is 0 Å². The number of carbonyl (C=O) groups is 2. The highest BCUT2D eigenvalue weighted by Crippen LogP contribution is 2.19. The van der Waals surface area contributed by atoms with Gasteiger partial charge in [0.2, 0.25) is 5.91 Å². The molecule has 1 atom stereocenters. The molecular weight excluding hydrogens is 354 g/mol. The van der Waals surface area contributed by atoms with Gasteiger partial charge in [0.25, 0.3) is 6.43 Å². The second-order valence-electron chi connectivity index (χ2n) is 7.39. The number of carboxylic acids is 1. The molecule has 1 unspecified atom stereocenters. The highest BCUT2D eigenvalue weighted by molar-refractivity contribution is 5.79. The summed E-state index contributed by atoms with van der Waals surface area (Å²) in [5, 5.41) is 11.4. The predicted molar refractivity (Wildman–Crippen MR) is 104 cm³/mol. The van der Waals surface area contributed by atoms with Crippen LogP contribution in [0, 0.1) is 0 Å². The first kappa shape index (κ1) is 25.8. The van der Waals surface area contributed by atoms with Gasteiger partial charge in [-0.2, -0.15) is 0 Å². The van der Waals surface area contributed by atoms with Crippen LogP contribution in [0.25, 0.3) is 0 Å². The van der Waals surface area contributed by atoms with Gasteiger partial charge in [0, 0.05) is 13.0 Å². The Labute approximate surface area is 162 Å². The van der Waals surface area contributed by atoms with Gasteiger partial charge in [0.05, 0.1) is 0 Å². The average Bonchev–Trinajstić information content (AvgIpc) is 2.62. The van der Waals surface area contributed by atoms with E-state index in [1.165, 1.54) is 51.4 Å². The number of rotatable bonds is 18. The van der Waals surface area contributed by atoms with Crippen LogP contribution in [0.4, 0.5) is 8.78 Å². The van der Waals surface area contributed by atoms with Crippen LogP contribution in [0.15, 0.2) is 0 Å². The minimum atomic E-state index is -3.14. The summed E-state index contributed by atoms with van der Waals surface area (Å²) in [6, 6.07) is 0. The van der Waals surface area contributed by atoms with Gasteiger partial charge in [-0.1, -0.05) is 71.1 Å². The van der Waals surface area contributed by atoms with E-state index in [-0.39, 0.29) is 25.3 Å². The summed E-state index contributed by atoms with van der Waals surface area (Å²) >= 11 is 0. The van der Waals surface area contributed by atoms with Crippen molar-refractivity contribution in [3.05, 3.63) is 0 Å². The van der Waals surface area contributed by atoms with Crippen molar-refractivity contribution in [3.8, 4) is 0 Å². The van der Waals surface area contributed by atoms with Gasteiger partial charge in [-0.25, -0.2) is 13.6 Å². The maximum absolute atomic E-state index is 12.7. The van der Waals surface area contributed by atoms with Crippen LogP contribution in [0.1, 0.15) is 96.8 Å². The van der Waals surface area contributed by atoms with E-state index in [2.05, 4.69) is 12.2 Å². The lowest BCUT2D eigenvalue weighted by atomic mass is 9.95. The van der Waals surface area contributed by atoms with E-state index < -0.39 is 17.9 Å². The van der Waals surface area contributed by atoms with Gasteiger partial charge >= 0.3 is 5.97 Å². The van der Waals surface area contributed by atoms with Gasteiger partial charge in [0.1, 0.15) is 0 Å². The van der Waals surface area contributed by atoms with Crippen molar-refractivity contribution in [3.63, 3.8) is 0 Å². The molecule has 4 N–H and O–H groups in total. The monoisotopic (exact) mass is 392 g/mol. The molecule has 0 heterocycles. The molecule has 5 nitrogen and oxygen atoms in total. The van der Waals surface area contributed by atoms with E-state index in [0.29, 0.717) is 6.42 Å². The van der Waals surface area contributed by atoms with E-state index in [9.17, 15) is 18.4 Å². The van der Waals surface area contributed by atoms with Crippen LogP contribution in [0.3, 0.4) is 0 Å². The lowest BCUT2D eigenvalue weighted by Crippen LogP contribution is -2.54. The molecule has 0 aliphatic heterocycles. The van der Waals surface area contributed by atoms with Crippen LogP contribution >= 0.6 is 0 Å². The van der Waals surface area contributed by atoms with Crippen LogP contribution in [0.5, 0.6) is 0 Å². The number of carbonyl (C=O) groups excluding carboxylic acids is 1. The Kier molecular flexibility index (Phi) is 15.1. The van der Waals surface area contributed by atoms with Crippen molar-refractivity contribution >= 4 is 11.9 Å². The summed E-state index contributed by atoms with van der Waals surface area (Å²) in [5.41, 5.74) is 2.68. The minimum absolute atomic E-state index is 0.108. The first-order valence-electron chi connectivity index (χ1n) is 10.4. The standard InChI is InChI=1S/C20H38F2N2O3/c1-2-3-4-5-6-7-8-9-10-11-12-14-17(25)24-16-13-15-20(23,18(21)22)19(26)27/h18H,2-16,23H2,1H3,(H,24,25)(H,26,27). The van der Waals surface area contributed by atoms with Crippen molar-refractivity contribution < 1.29 is 23.5 Å². The molecule has 27 heavy (non-hydrogen) atoms. The molecule has 0 aromatic rings. The molecule has 0 aromatic heterocycles. The minimum Gasteiger partial charge on any atom is -0.480 e. The lowest BCUT2D eigenvalue weighted by Gasteiger charge is -2.23. The van der Waals surface area contributed by atoms with E-state index >= 15 is 0 Å². The third kappa shape index (κ3) is 12.7. The fourth-order valence-electron chi connectivity index (χ4n) is 2.96. The SMILES string of the molecule is CCCCCCCCCCCCCC(=O)NCCCC(N)(C(=O)O)C(F)F. The van der Waals surface area contributed by atoms with Crippen LogP contribution < -0.4 is 11.1 Å². The largest absolute Gasteiger partial charge is 0.480 e. The van der Waals surface area contributed by atoms with Gasteiger partial charge in [-0.3, -0.25) is 4.79 Å². The molecule has 0 bridgehead atoms. The van der Waals surface area contributed by atoms with Crippen molar-refractivity contribution in [2.24, 2.45) is 5.73 Å². The number of aliphatic carboxylic acids is 1. The van der Waals surface area contributed by atoms with Crippen molar-refractivity contribution in [2.45, 2.75) is 109 Å².